The predicted molar refractivity (Wildman–Crippen MR) is 96.9 cm³/mol. The van der Waals surface area contributed by atoms with Gasteiger partial charge in [-0.25, -0.2) is 0 Å². The molecule has 8 heteroatoms. The smallest absolute Gasteiger partial charge is 0.406 e. The lowest BCUT2D eigenvalue weighted by atomic mass is 9.65. The molecule has 2 saturated heterocycles. The van der Waals surface area contributed by atoms with Crippen LogP contribution in [0.2, 0.25) is 0 Å². The van der Waals surface area contributed by atoms with Crippen molar-refractivity contribution in [3.63, 3.8) is 0 Å². The van der Waals surface area contributed by atoms with Crippen LogP contribution in [0.3, 0.4) is 0 Å². The van der Waals surface area contributed by atoms with Crippen molar-refractivity contribution in [1.82, 2.24) is 10.2 Å². The predicted octanol–water partition coefficient (Wildman–Crippen LogP) is 3.13. The molecule has 2 saturated carbocycles. The van der Waals surface area contributed by atoms with Crippen molar-refractivity contribution in [3.8, 4) is 5.75 Å². The van der Waals surface area contributed by atoms with Gasteiger partial charge in [-0.3, -0.25) is 9.59 Å². The van der Waals surface area contributed by atoms with E-state index in [-0.39, 0.29) is 34.4 Å². The molecule has 4 aliphatic rings. The number of carbonyl (C=O) groups excluding carboxylic acids is 2. The first-order chi connectivity index (χ1) is 13.7. The fraction of sp³-hybridized carbons (Fsp3) is 0.619. The third-order valence-corrected chi connectivity index (χ3v) is 7.51. The van der Waals surface area contributed by atoms with Crippen LogP contribution in [0, 0.1) is 11.8 Å². The van der Waals surface area contributed by atoms with Gasteiger partial charge in [0.25, 0.3) is 0 Å². The molecule has 5 rings (SSSR count). The number of piperidine rings is 1. The van der Waals surface area contributed by atoms with Gasteiger partial charge in [0.2, 0.25) is 11.8 Å². The molecule has 1 aromatic carbocycles. The van der Waals surface area contributed by atoms with Crippen LogP contribution in [0.4, 0.5) is 13.2 Å². The van der Waals surface area contributed by atoms with E-state index in [1.165, 1.54) is 12.1 Å². The number of hydrogen-bond donors (Lipinski definition) is 1. The second-order valence-corrected chi connectivity index (χ2v) is 8.96. The maximum absolute atomic E-state index is 13.1. The number of ether oxygens (including phenoxy) is 1. The first-order valence-corrected chi connectivity index (χ1v) is 10.2. The Kier molecular flexibility index (Phi) is 3.96. The Balaban J connectivity index is 1.23. The minimum atomic E-state index is -4.69. The molecule has 5 nitrogen and oxygen atoms in total. The zero-order chi connectivity index (χ0) is 20.4. The molecule has 2 aliphatic carbocycles. The highest BCUT2D eigenvalue weighted by molar-refractivity contribution is 5.86. The molecule has 29 heavy (non-hydrogen) atoms. The van der Waals surface area contributed by atoms with Gasteiger partial charge in [-0.05, 0) is 55.7 Å². The van der Waals surface area contributed by atoms with Gasteiger partial charge in [-0.15, -0.1) is 13.2 Å². The van der Waals surface area contributed by atoms with Crippen LogP contribution in [0.5, 0.6) is 5.75 Å². The molecule has 2 amide bonds. The molecular weight excluding hydrogens is 385 g/mol. The van der Waals surface area contributed by atoms with Crippen molar-refractivity contribution in [3.05, 3.63) is 29.8 Å². The fourth-order valence-corrected chi connectivity index (χ4v) is 5.71. The highest BCUT2D eigenvalue weighted by Gasteiger charge is 2.60. The van der Waals surface area contributed by atoms with Gasteiger partial charge < -0.3 is 15.0 Å². The van der Waals surface area contributed by atoms with Crippen molar-refractivity contribution in [2.24, 2.45) is 11.8 Å². The number of nitrogens with one attached hydrogen (secondary N) is 1. The standard InChI is InChI=1S/C21H23F3N2O3/c22-21(23,24)29-15-3-1-13(2-4-15)19-9-10-26(12-14(19)11-19)18(28)16-5-7-20(16)8-6-17(27)25-20/h1-4,14,16H,5-12H2,(H,25,27)/t14-,16?,19?,20?/m1/s1. The summed E-state index contributed by atoms with van der Waals surface area (Å²) in [6.45, 7) is 1.33. The molecule has 1 N–H and O–H groups in total. The highest BCUT2D eigenvalue weighted by Crippen LogP contribution is 2.59. The minimum absolute atomic E-state index is 0.0353. The molecule has 1 aromatic rings. The van der Waals surface area contributed by atoms with Crippen molar-refractivity contribution in [1.29, 1.82) is 0 Å². The molecule has 1 spiro atoms. The summed E-state index contributed by atoms with van der Waals surface area (Å²) in [5, 5.41) is 3.03. The lowest BCUT2D eigenvalue weighted by Gasteiger charge is -2.48. The van der Waals surface area contributed by atoms with Gasteiger partial charge in [-0.1, -0.05) is 12.1 Å². The third kappa shape index (κ3) is 3.07. The maximum atomic E-state index is 13.1. The summed E-state index contributed by atoms with van der Waals surface area (Å²) >= 11 is 0. The lowest BCUT2D eigenvalue weighted by Crippen LogP contribution is -2.61. The Hall–Kier alpha value is -2.25. The Morgan fingerprint density at radius 3 is 2.48 bits per heavy atom. The number of likely N-dealkylation sites (tertiary alicyclic amines) is 1. The summed E-state index contributed by atoms with van der Waals surface area (Å²) in [5.74, 6) is 0.201. The normalized spacial score (nSPS) is 35.7. The average molecular weight is 408 g/mol. The number of halogens is 3. The summed E-state index contributed by atoms with van der Waals surface area (Å²) in [4.78, 5) is 26.7. The van der Waals surface area contributed by atoms with E-state index >= 15 is 0 Å². The first-order valence-electron chi connectivity index (χ1n) is 10.2. The van der Waals surface area contributed by atoms with Gasteiger partial charge in [-0.2, -0.15) is 0 Å². The maximum Gasteiger partial charge on any atom is 0.573 e. The zero-order valence-electron chi connectivity index (χ0n) is 15.9. The number of hydrogen-bond acceptors (Lipinski definition) is 3. The van der Waals surface area contributed by atoms with Gasteiger partial charge in [0.05, 0.1) is 11.5 Å². The molecule has 2 heterocycles. The van der Waals surface area contributed by atoms with E-state index in [1.54, 1.807) is 12.1 Å². The van der Waals surface area contributed by atoms with Crippen LogP contribution in [0.1, 0.15) is 44.1 Å². The Morgan fingerprint density at radius 1 is 1.17 bits per heavy atom. The number of carbonyl (C=O) groups is 2. The molecule has 3 unspecified atom stereocenters. The lowest BCUT2D eigenvalue weighted by molar-refractivity contribution is -0.274. The first kappa shape index (κ1) is 18.8. The number of nitrogens with zero attached hydrogens (tertiary/aromatic N) is 1. The number of alkyl halides is 3. The van der Waals surface area contributed by atoms with Crippen molar-refractivity contribution < 1.29 is 27.5 Å². The third-order valence-electron chi connectivity index (χ3n) is 7.51. The van der Waals surface area contributed by atoms with Gasteiger partial charge in [0.1, 0.15) is 5.75 Å². The summed E-state index contributed by atoms with van der Waals surface area (Å²) in [6.07, 6.45) is 0.0250. The van der Waals surface area contributed by atoms with E-state index in [9.17, 15) is 22.8 Å². The highest BCUT2D eigenvalue weighted by atomic mass is 19.4. The van der Waals surface area contributed by atoms with Gasteiger partial charge >= 0.3 is 6.36 Å². The fourth-order valence-electron chi connectivity index (χ4n) is 5.71. The second kappa shape index (κ2) is 6.12. The van der Waals surface area contributed by atoms with E-state index in [0.717, 1.165) is 37.7 Å². The van der Waals surface area contributed by atoms with E-state index < -0.39 is 6.36 Å². The topological polar surface area (TPSA) is 58.6 Å². The molecule has 4 fully saturated rings. The van der Waals surface area contributed by atoms with Crippen LogP contribution in [-0.4, -0.2) is 41.7 Å². The summed E-state index contributed by atoms with van der Waals surface area (Å²) in [5.41, 5.74) is 0.666. The number of fused-ring (bicyclic) bond motifs is 1. The zero-order valence-corrected chi connectivity index (χ0v) is 15.9. The summed E-state index contributed by atoms with van der Waals surface area (Å²) in [7, 11) is 0. The number of benzene rings is 1. The van der Waals surface area contributed by atoms with Gasteiger partial charge in [0.15, 0.2) is 0 Å². The molecule has 156 valence electrons. The Labute approximate surface area is 166 Å². The minimum Gasteiger partial charge on any atom is -0.406 e. The van der Waals surface area contributed by atoms with Crippen molar-refractivity contribution >= 4 is 11.8 Å². The molecule has 0 bridgehead atoms. The molecule has 0 aromatic heterocycles. The van der Waals surface area contributed by atoms with Crippen LogP contribution in [0.25, 0.3) is 0 Å². The van der Waals surface area contributed by atoms with Crippen molar-refractivity contribution in [2.45, 2.75) is 55.8 Å². The van der Waals surface area contributed by atoms with Crippen LogP contribution in [0.15, 0.2) is 24.3 Å². The van der Waals surface area contributed by atoms with Gasteiger partial charge in [0, 0.05) is 24.9 Å². The Bertz CT molecular complexity index is 856. The van der Waals surface area contributed by atoms with Crippen molar-refractivity contribution in [2.75, 3.05) is 13.1 Å². The largest absolute Gasteiger partial charge is 0.573 e. The Morgan fingerprint density at radius 2 is 1.93 bits per heavy atom. The van der Waals surface area contributed by atoms with E-state index in [2.05, 4.69) is 10.1 Å². The molecule has 0 radical (unpaired) electrons. The van der Waals surface area contributed by atoms with E-state index in [1.807, 2.05) is 4.90 Å². The number of amides is 2. The molecular formula is C21H23F3N2O3. The van der Waals surface area contributed by atoms with Crippen LogP contribution >= 0.6 is 0 Å². The molecule has 2 aliphatic heterocycles. The summed E-state index contributed by atoms with van der Waals surface area (Å²) in [6, 6.07) is 6.16. The summed E-state index contributed by atoms with van der Waals surface area (Å²) < 4.78 is 41.0. The van der Waals surface area contributed by atoms with E-state index in [0.29, 0.717) is 25.4 Å². The SMILES string of the molecule is O=C1CCC2(CCC2C(=O)N2CCC3(c4ccc(OC(F)(F)F)cc4)C[C@@H]3C2)N1. The number of rotatable bonds is 3. The molecule has 4 atom stereocenters. The van der Waals surface area contributed by atoms with Crippen LogP contribution < -0.4 is 10.1 Å². The second-order valence-electron chi connectivity index (χ2n) is 8.96. The van der Waals surface area contributed by atoms with Crippen LogP contribution in [-0.2, 0) is 15.0 Å². The monoisotopic (exact) mass is 408 g/mol. The van der Waals surface area contributed by atoms with E-state index in [4.69, 9.17) is 0 Å². The average Bonchev–Trinajstić information content (AvgIpc) is 3.25. The quantitative estimate of drug-likeness (QED) is 0.836.